The summed E-state index contributed by atoms with van der Waals surface area (Å²) in [5.74, 6) is 0.868. The van der Waals surface area contributed by atoms with E-state index in [0.717, 1.165) is 12.8 Å². The molecule has 0 bridgehead atoms. The van der Waals surface area contributed by atoms with E-state index in [1.165, 1.54) is 43.2 Å². The van der Waals surface area contributed by atoms with Crippen LogP contribution in [0.1, 0.15) is 45.2 Å². The minimum Gasteiger partial charge on any atom is -0.0894 e. The Morgan fingerprint density at radius 3 is 1.30 bits per heavy atom. The number of allylic oxidation sites excluding steroid dienone is 2. The summed E-state index contributed by atoms with van der Waals surface area (Å²) in [4.78, 5) is 2.79. The van der Waals surface area contributed by atoms with E-state index in [1.54, 1.807) is 0 Å². The van der Waals surface area contributed by atoms with Gasteiger partial charge in [0.05, 0.1) is 0 Å². The predicted molar refractivity (Wildman–Crippen MR) is 142 cm³/mol. The van der Waals surface area contributed by atoms with E-state index < -0.39 is 0 Å². The molecule has 0 amide bonds. The highest BCUT2D eigenvalue weighted by Gasteiger charge is 2.28. The topological polar surface area (TPSA) is 0 Å². The Bertz CT molecular complexity index is 1230. The van der Waals surface area contributed by atoms with Crippen molar-refractivity contribution in [2.75, 3.05) is 0 Å². The van der Waals surface area contributed by atoms with E-state index in [0.29, 0.717) is 11.8 Å². The SMILES string of the molecule is C1=C(SC2=CC(Cc3ccccc3)c3ccccc32)c2ccccc2C1Cc1ccccc1. The summed E-state index contributed by atoms with van der Waals surface area (Å²) in [5.41, 5.74) is 8.50. The number of hydrogen-bond donors (Lipinski definition) is 0. The molecule has 1 heteroatoms. The van der Waals surface area contributed by atoms with Gasteiger partial charge in [-0.2, -0.15) is 0 Å². The summed E-state index contributed by atoms with van der Waals surface area (Å²) >= 11 is 1.95. The Kier molecular flexibility index (Phi) is 5.49. The molecule has 0 heterocycles. The monoisotopic (exact) mass is 442 g/mol. The molecule has 2 unspecified atom stereocenters. The van der Waals surface area contributed by atoms with E-state index in [1.807, 2.05) is 11.8 Å². The summed E-state index contributed by atoms with van der Waals surface area (Å²) in [6.07, 6.45) is 7.09. The number of rotatable bonds is 6. The molecule has 0 saturated carbocycles. The largest absolute Gasteiger partial charge is 0.0894 e. The van der Waals surface area contributed by atoms with Crippen LogP contribution in [-0.4, -0.2) is 0 Å². The number of benzene rings is 4. The molecule has 2 atom stereocenters. The Morgan fingerprint density at radius 2 is 0.848 bits per heavy atom. The number of hydrogen-bond acceptors (Lipinski definition) is 1. The second-order valence-corrected chi connectivity index (χ2v) is 10.0. The van der Waals surface area contributed by atoms with Gasteiger partial charge in [-0.15, -0.1) is 0 Å². The maximum Gasteiger partial charge on any atom is 0.0164 e. The van der Waals surface area contributed by atoms with E-state index in [4.69, 9.17) is 0 Å². The molecule has 0 nitrogen and oxygen atoms in total. The maximum absolute atomic E-state index is 2.50. The van der Waals surface area contributed by atoms with Crippen molar-refractivity contribution in [3.05, 3.63) is 155 Å². The molecular weight excluding hydrogens is 416 g/mol. The van der Waals surface area contributed by atoms with Crippen molar-refractivity contribution >= 4 is 21.6 Å². The fourth-order valence-electron chi connectivity index (χ4n) is 5.18. The van der Waals surface area contributed by atoms with Gasteiger partial charge in [0, 0.05) is 21.6 Å². The van der Waals surface area contributed by atoms with Gasteiger partial charge in [-0.3, -0.25) is 0 Å². The molecule has 0 saturated heterocycles. The molecule has 4 aromatic rings. The molecule has 0 N–H and O–H groups in total. The second kappa shape index (κ2) is 8.92. The quantitative estimate of drug-likeness (QED) is 0.288. The van der Waals surface area contributed by atoms with Gasteiger partial charge in [0.1, 0.15) is 0 Å². The predicted octanol–water partition coefficient (Wildman–Crippen LogP) is 8.48. The smallest absolute Gasteiger partial charge is 0.0164 e. The summed E-state index contributed by atoms with van der Waals surface area (Å²) in [5, 5.41) is 0. The van der Waals surface area contributed by atoms with Crippen molar-refractivity contribution in [3.8, 4) is 0 Å². The first-order valence-corrected chi connectivity index (χ1v) is 12.5. The van der Waals surface area contributed by atoms with Crippen molar-refractivity contribution in [2.24, 2.45) is 0 Å². The van der Waals surface area contributed by atoms with Crippen molar-refractivity contribution in [1.82, 2.24) is 0 Å². The van der Waals surface area contributed by atoms with Crippen LogP contribution in [0.15, 0.2) is 121 Å². The van der Waals surface area contributed by atoms with Crippen LogP contribution < -0.4 is 0 Å². The summed E-state index contributed by atoms with van der Waals surface area (Å²) < 4.78 is 0. The summed E-state index contributed by atoms with van der Waals surface area (Å²) in [6.45, 7) is 0. The van der Waals surface area contributed by atoms with Gasteiger partial charge in [0.25, 0.3) is 0 Å². The molecule has 2 aliphatic rings. The lowest BCUT2D eigenvalue weighted by Gasteiger charge is -2.11. The van der Waals surface area contributed by atoms with Crippen LogP contribution in [0.25, 0.3) is 9.81 Å². The van der Waals surface area contributed by atoms with Crippen LogP contribution >= 0.6 is 11.8 Å². The molecule has 0 fully saturated rings. The van der Waals surface area contributed by atoms with Gasteiger partial charge >= 0.3 is 0 Å². The van der Waals surface area contributed by atoms with Crippen LogP contribution in [-0.2, 0) is 12.8 Å². The highest BCUT2D eigenvalue weighted by atomic mass is 32.2. The zero-order valence-electron chi connectivity index (χ0n) is 18.5. The lowest BCUT2D eigenvalue weighted by molar-refractivity contribution is 0.850. The molecular formula is C32H26S. The molecule has 2 aliphatic carbocycles. The van der Waals surface area contributed by atoms with Crippen LogP contribution in [0.3, 0.4) is 0 Å². The number of thioether (sulfide) groups is 1. The highest BCUT2D eigenvalue weighted by Crippen LogP contribution is 2.51. The fraction of sp³-hybridized carbons (Fsp3) is 0.125. The van der Waals surface area contributed by atoms with Gasteiger partial charge in [0.2, 0.25) is 0 Å². The van der Waals surface area contributed by atoms with E-state index in [2.05, 4.69) is 121 Å². The van der Waals surface area contributed by atoms with E-state index >= 15 is 0 Å². The standard InChI is InChI=1S/C32H26S/c1-3-11-23(12-4-1)19-25-21-31(29-17-9-7-15-27(25)29)33-32-22-26(20-24-13-5-2-6-14-24)28-16-8-10-18-30(28)32/h1-18,21-22,25-26H,19-20H2. The summed E-state index contributed by atoms with van der Waals surface area (Å²) in [7, 11) is 0. The Morgan fingerprint density at radius 1 is 0.455 bits per heavy atom. The molecule has 33 heavy (non-hydrogen) atoms. The lowest BCUT2D eigenvalue weighted by atomic mass is 9.94. The second-order valence-electron chi connectivity index (χ2n) is 8.93. The molecule has 4 aromatic carbocycles. The third-order valence-electron chi connectivity index (χ3n) is 6.77. The van der Waals surface area contributed by atoms with Gasteiger partial charge in [-0.25, -0.2) is 0 Å². The van der Waals surface area contributed by atoms with Gasteiger partial charge in [-0.05, 0) is 46.2 Å². The molecule has 0 aliphatic heterocycles. The van der Waals surface area contributed by atoms with Crippen molar-refractivity contribution < 1.29 is 0 Å². The van der Waals surface area contributed by atoms with Crippen molar-refractivity contribution in [1.29, 1.82) is 0 Å². The highest BCUT2D eigenvalue weighted by molar-refractivity contribution is 8.16. The van der Waals surface area contributed by atoms with Crippen LogP contribution in [0, 0.1) is 0 Å². The molecule has 6 rings (SSSR count). The van der Waals surface area contributed by atoms with Crippen LogP contribution in [0.5, 0.6) is 0 Å². The van der Waals surface area contributed by atoms with Crippen LogP contribution in [0.4, 0.5) is 0 Å². The molecule has 0 aromatic heterocycles. The third-order valence-corrected chi connectivity index (χ3v) is 7.93. The minimum atomic E-state index is 0.434. The van der Waals surface area contributed by atoms with Gasteiger partial charge in [0.15, 0.2) is 0 Å². The number of fused-ring (bicyclic) bond motifs is 2. The van der Waals surface area contributed by atoms with E-state index in [-0.39, 0.29) is 0 Å². The Balaban J connectivity index is 1.31. The van der Waals surface area contributed by atoms with Gasteiger partial charge < -0.3 is 0 Å². The molecule has 0 spiro atoms. The first-order valence-electron chi connectivity index (χ1n) is 11.7. The Hall–Kier alpha value is -3.29. The minimum absolute atomic E-state index is 0.434. The molecule has 160 valence electrons. The average Bonchev–Trinajstić information content (AvgIpc) is 3.39. The zero-order valence-corrected chi connectivity index (χ0v) is 19.3. The third kappa shape index (κ3) is 4.10. The normalized spacial score (nSPS) is 18.4. The van der Waals surface area contributed by atoms with Gasteiger partial charge in [-0.1, -0.05) is 133 Å². The lowest BCUT2D eigenvalue weighted by Crippen LogP contribution is -1.97. The summed E-state index contributed by atoms with van der Waals surface area (Å²) in [6, 6.07) is 39.6. The first-order chi connectivity index (χ1) is 16.3. The van der Waals surface area contributed by atoms with Crippen molar-refractivity contribution in [2.45, 2.75) is 24.7 Å². The van der Waals surface area contributed by atoms with E-state index in [9.17, 15) is 0 Å². The Labute approximate surface area is 200 Å². The van der Waals surface area contributed by atoms with Crippen molar-refractivity contribution in [3.63, 3.8) is 0 Å². The maximum atomic E-state index is 2.50. The molecule has 0 radical (unpaired) electrons. The average molecular weight is 443 g/mol. The zero-order chi connectivity index (χ0) is 22.0. The fourth-order valence-corrected chi connectivity index (χ4v) is 6.48. The first kappa shape index (κ1) is 20.3. The van der Waals surface area contributed by atoms with Crippen LogP contribution in [0.2, 0.25) is 0 Å².